The zero-order valence-corrected chi connectivity index (χ0v) is 16.6. The predicted molar refractivity (Wildman–Crippen MR) is 103 cm³/mol. The van der Waals surface area contributed by atoms with Gasteiger partial charge in [-0.3, -0.25) is 14.4 Å². The Balaban J connectivity index is 1.87. The number of alkyl halides is 1. The number of nitrogens with zero attached hydrogens (tertiary/aromatic N) is 1. The van der Waals surface area contributed by atoms with Crippen molar-refractivity contribution in [2.24, 2.45) is 0 Å². The van der Waals surface area contributed by atoms with E-state index in [-0.39, 0.29) is 18.2 Å². The van der Waals surface area contributed by atoms with Gasteiger partial charge in [0.2, 0.25) is 5.91 Å². The number of aldehydes is 1. The average Bonchev–Trinajstić information content (AvgIpc) is 3.08. The summed E-state index contributed by atoms with van der Waals surface area (Å²) in [4.78, 5) is 37.8. The number of anilines is 1. The summed E-state index contributed by atoms with van der Waals surface area (Å²) in [5.41, 5.74) is 1.11. The van der Waals surface area contributed by atoms with E-state index in [0.717, 1.165) is 24.6 Å². The maximum Gasteiger partial charge on any atom is 0.260 e. The van der Waals surface area contributed by atoms with Gasteiger partial charge in [-0.1, -0.05) is 15.9 Å². The van der Waals surface area contributed by atoms with Gasteiger partial charge in [0.25, 0.3) is 5.91 Å². The van der Waals surface area contributed by atoms with Crippen LogP contribution in [0, 0.1) is 0 Å². The normalized spacial score (nSPS) is 18.2. The minimum absolute atomic E-state index is 0.211. The van der Waals surface area contributed by atoms with E-state index in [9.17, 15) is 14.4 Å². The molecule has 2 aliphatic heterocycles. The van der Waals surface area contributed by atoms with Gasteiger partial charge >= 0.3 is 0 Å². The second kappa shape index (κ2) is 8.56. The summed E-state index contributed by atoms with van der Waals surface area (Å²) in [7, 11) is 1.50. The monoisotopic (exact) mass is 436 g/mol. The summed E-state index contributed by atoms with van der Waals surface area (Å²) in [5, 5.41) is 3.74. The van der Waals surface area contributed by atoms with Gasteiger partial charge in [-0.2, -0.15) is 0 Å². The second-order valence-electron chi connectivity index (χ2n) is 6.39. The molecule has 8 heteroatoms. The van der Waals surface area contributed by atoms with Crippen molar-refractivity contribution in [3.8, 4) is 11.5 Å². The van der Waals surface area contributed by atoms with E-state index in [1.807, 2.05) is 0 Å². The zero-order chi connectivity index (χ0) is 19.4. The molecule has 27 heavy (non-hydrogen) atoms. The van der Waals surface area contributed by atoms with Crippen LogP contribution in [0.1, 0.15) is 36.0 Å². The summed E-state index contributed by atoms with van der Waals surface area (Å²) in [5.74, 6) is 0.222. The van der Waals surface area contributed by atoms with Gasteiger partial charge in [0.1, 0.15) is 12.3 Å². The second-order valence-corrected chi connectivity index (χ2v) is 7.18. The Kier molecular flexibility index (Phi) is 6.15. The fourth-order valence-corrected chi connectivity index (χ4v) is 3.56. The lowest BCUT2D eigenvalue weighted by molar-refractivity contribution is -0.119. The third kappa shape index (κ3) is 4.00. The number of amides is 2. The van der Waals surface area contributed by atoms with Crippen molar-refractivity contribution in [3.05, 3.63) is 29.5 Å². The minimum atomic E-state index is -0.718. The van der Waals surface area contributed by atoms with E-state index in [1.165, 1.54) is 18.2 Å². The molecule has 1 aromatic rings. The molecule has 2 amide bonds. The van der Waals surface area contributed by atoms with Crippen LogP contribution in [0.3, 0.4) is 0 Å². The number of rotatable bonds is 8. The third-order valence-electron chi connectivity index (χ3n) is 4.59. The first-order valence-corrected chi connectivity index (χ1v) is 9.91. The minimum Gasteiger partial charge on any atom is -0.493 e. The molecular formula is C19H21BrN2O5. The molecule has 0 saturated heterocycles. The van der Waals surface area contributed by atoms with E-state index in [4.69, 9.17) is 9.47 Å². The number of carbonyl (C=O) groups excluding carboxylic acids is 3. The predicted octanol–water partition coefficient (Wildman–Crippen LogP) is 2.89. The molecule has 2 aliphatic rings. The Morgan fingerprint density at radius 3 is 2.78 bits per heavy atom. The summed E-state index contributed by atoms with van der Waals surface area (Å²) in [6, 6.07) is 2.48. The first-order valence-electron chi connectivity index (χ1n) is 8.79. The number of methoxy groups -OCH3 is 1. The molecule has 7 nitrogen and oxygen atoms in total. The molecule has 3 rings (SSSR count). The summed E-state index contributed by atoms with van der Waals surface area (Å²) in [6.07, 6.45) is 5.33. The highest BCUT2D eigenvalue weighted by Crippen LogP contribution is 2.37. The van der Waals surface area contributed by atoms with Gasteiger partial charge in [0.15, 0.2) is 11.5 Å². The van der Waals surface area contributed by atoms with Crippen molar-refractivity contribution < 1.29 is 23.9 Å². The highest BCUT2D eigenvalue weighted by Gasteiger charge is 2.39. The number of carbonyl (C=O) groups is 3. The summed E-state index contributed by atoms with van der Waals surface area (Å²) >= 11 is 3.40. The van der Waals surface area contributed by atoms with Crippen LogP contribution in [0.4, 0.5) is 5.69 Å². The third-order valence-corrected chi connectivity index (χ3v) is 5.15. The molecule has 0 aliphatic carbocycles. The molecule has 0 bridgehead atoms. The molecule has 1 atom stereocenters. The van der Waals surface area contributed by atoms with Gasteiger partial charge in [0, 0.05) is 29.6 Å². The molecule has 1 aromatic carbocycles. The SMILES string of the molecule is COc1cc2c(cc1OCCCCCBr)NC(=O)C1CC(C=O)=CN1C2=O. The molecule has 1 N–H and O–H groups in total. The Bertz CT molecular complexity index is 793. The average molecular weight is 437 g/mol. The number of halogens is 1. The fourth-order valence-electron chi connectivity index (χ4n) is 3.16. The van der Waals surface area contributed by atoms with Crippen molar-refractivity contribution in [3.63, 3.8) is 0 Å². The van der Waals surface area contributed by atoms with Crippen LogP contribution >= 0.6 is 15.9 Å². The lowest BCUT2D eigenvalue weighted by Gasteiger charge is -2.18. The van der Waals surface area contributed by atoms with Gasteiger partial charge < -0.3 is 19.7 Å². The molecule has 144 valence electrons. The number of fused-ring (bicyclic) bond motifs is 2. The van der Waals surface area contributed by atoms with Gasteiger partial charge in [-0.25, -0.2) is 0 Å². The van der Waals surface area contributed by atoms with Crippen LogP contribution in [0.15, 0.2) is 23.9 Å². The molecular weight excluding hydrogens is 416 g/mol. The van der Waals surface area contributed by atoms with Crippen molar-refractivity contribution in [2.45, 2.75) is 31.7 Å². The number of hydrogen-bond donors (Lipinski definition) is 1. The van der Waals surface area contributed by atoms with Crippen LogP contribution in [-0.2, 0) is 9.59 Å². The number of ether oxygens (including phenoxy) is 2. The lowest BCUT2D eigenvalue weighted by Crippen LogP contribution is -2.38. The molecule has 0 radical (unpaired) electrons. The molecule has 1 unspecified atom stereocenters. The fraction of sp³-hybridized carbons (Fsp3) is 0.421. The van der Waals surface area contributed by atoms with Crippen LogP contribution in [0.25, 0.3) is 0 Å². The highest BCUT2D eigenvalue weighted by atomic mass is 79.9. The van der Waals surface area contributed by atoms with Crippen LogP contribution in [0.2, 0.25) is 0 Å². The van der Waals surface area contributed by atoms with Crippen molar-refractivity contribution in [1.82, 2.24) is 4.90 Å². The number of benzene rings is 1. The Morgan fingerprint density at radius 1 is 1.26 bits per heavy atom. The van der Waals surface area contributed by atoms with Crippen molar-refractivity contribution >= 4 is 39.7 Å². The maximum absolute atomic E-state index is 12.9. The number of unbranched alkanes of at least 4 members (excludes halogenated alkanes) is 2. The number of hydrogen-bond acceptors (Lipinski definition) is 5. The Labute approximate surface area is 165 Å². The first-order chi connectivity index (χ1) is 13.1. The summed E-state index contributed by atoms with van der Waals surface area (Å²) < 4.78 is 11.2. The molecule has 0 aromatic heterocycles. The smallest absolute Gasteiger partial charge is 0.260 e. The highest BCUT2D eigenvalue weighted by molar-refractivity contribution is 9.09. The van der Waals surface area contributed by atoms with Crippen molar-refractivity contribution in [2.75, 3.05) is 24.4 Å². The zero-order valence-electron chi connectivity index (χ0n) is 15.0. The van der Waals surface area contributed by atoms with E-state index in [0.29, 0.717) is 41.2 Å². The van der Waals surface area contributed by atoms with E-state index in [1.54, 1.807) is 12.1 Å². The maximum atomic E-state index is 12.9. The molecule has 0 spiro atoms. The molecule has 2 heterocycles. The van der Waals surface area contributed by atoms with Crippen molar-refractivity contribution in [1.29, 1.82) is 0 Å². The molecule has 0 fully saturated rings. The van der Waals surface area contributed by atoms with Gasteiger partial charge in [-0.05, 0) is 25.3 Å². The molecule has 0 saturated carbocycles. The van der Waals surface area contributed by atoms with E-state index < -0.39 is 6.04 Å². The largest absolute Gasteiger partial charge is 0.493 e. The Morgan fingerprint density at radius 2 is 2.07 bits per heavy atom. The first kappa shape index (κ1) is 19.4. The van der Waals surface area contributed by atoms with Crippen LogP contribution < -0.4 is 14.8 Å². The standard InChI is InChI=1S/C19H21BrN2O5/c1-26-16-8-13-14(9-17(16)27-6-4-2-3-5-20)21-18(24)15-7-12(11-23)10-22(15)19(13)25/h8-11,15H,2-7H2,1H3,(H,21,24). The van der Waals surface area contributed by atoms with Gasteiger partial charge in [-0.15, -0.1) is 0 Å². The van der Waals surface area contributed by atoms with E-state index >= 15 is 0 Å². The quantitative estimate of drug-likeness (QED) is 0.384. The van der Waals surface area contributed by atoms with E-state index in [2.05, 4.69) is 21.2 Å². The van der Waals surface area contributed by atoms with Gasteiger partial charge in [0.05, 0.1) is 25.0 Å². The van der Waals surface area contributed by atoms with Crippen LogP contribution in [0.5, 0.6) is 11.5 Å². The number of nitrogens with one attached hydrogen (secondary N) is 1. The van der Waals surface area contributed by atoms with Crippen LogP contribution in [-0.4, -0.2) is 48.1 Å². The Hall–Kier alpha value is -2.35. The lowest BCUT2D eigenvalue weighted by atomic mass is 10.1. The summed E-state index contributed by atoms with van der Waals surface area (Å²) in [6.45, 7) is 0.518. The topological polar surface area (TPSA) is 84.9 Å².